The van der Waals surface area contributed by atoms with Gasteiger partial charge in [-0.05, 0) is 41.0 Å². The van der Waals surface area contributed by atoms with Gasteiger partial charge in [0.2, 0.25) is 0 Å². The Bertz CT molecular complexity index is 963. The molecule has 2 aliphatic rings. The number of fused-ring (bicyclic) bond motifs is 4. The zero-order chi connectivity index (χ0) is 16.4. The van der Waals surface area contributed by atoms with Crippen LogP contribution in [0.25, 0.3) is 22.7 Å². The van der Waals surface area contributed by atoms with Crippen LogP contribution in [0.1, 0.15) is 11.1 Å². The summed E-state index contributed by atoms with van der Waals surface area (Å²) in [6.07, 6.45) is 10.8. The Balaban J connectivity index is 0.000000129. The van der Waals surface area contributed by atoms with E-state index in [1.54, 1.807) is 18.5 Å². The summed E-state index contributed by atoms with van der Waals surface area (Å²) in [4.78, 5) is 19.8. The van der Waals surface area contributed by atoms with Crippen LogP contribution in [0.15, 0.2) is 84.7 Å². The second-order valence-electron chi connectivity index (χ2n) is 5.49. The van der Waals surface area contributed by atoms with Crippen molar-refractivity contribution in [2.75, 3.05) is 0 Å². The van der Waals surface area contributed by atoms with Crippen molar-refractivity contribution in [3.63, 3.8) is 0 Å². The zero-order valence-corrected chi connectivity index (χ0v) is 12.9. The minimum atomic E-state index is 0.110. The first-order chi connectivity index (χ1) is 11.8. The van der Waals surface area contributed by atoms with Gasteiger partial charge in [0.05, 0.1) is 11.0 Å². The van der Waals surface area contributed by atoms with Gasteiger partial charge in [0.25, 0.3) is 0 Å². The van der Waals surface area contributed by atoms with Crippen molar-refractivity contribution in [3.8, 4) is 0 Å². The molecule has 0 atom stereocenters. The highest BCUT2D eigenvalue weighted by molar-refractivity contribution is 6.23. The van der Waals surface area contributed by atoms with Crippen LogP contribution < -0.4 is 0 Å². The van der Waals surface area contributed by atoms with E-state index in [0.717, 1.165) is 27.7 Å². The second kappa shape index (κ2) is 6.05. The highest BCUT2D eigenvalue weighted by atomic mass is 16.1. The van der Waals surface area contributed by atoms with Crippen molar-refractivity contribution in [3.05, 3.63) is 95.9 Å². The quantitative estimate of drug-likeness (QED) is 0.624. The number of aromatic nitrogens is 2. The molecular formula is C21H14N2O. The van der Waals surface area contributed by atoms with E-state index in [9.17, 15) is 4.79 Å². The van der Waals surface area contributed by atoms with E-state index < -0.39 is 0 Å². The molecule has 0 radical (unpaired) electrons. The van der Waals surface area contributed by atoms with Crippen LogP contribution in [0.4, 0.5) is 0 Å². The first-order valence-corrected chi connectivity index (χ1v) is 7.73. The molecule has 2 aromatic carbocycles. The predicted molar refractivity (Wildman–Crippen MR) is 96.1 cm³/mol. The third kappa shape index (κ3) is 2.57. The molecule has 114 valence electrons. The SMILES string of the molecule is O=C1C=CC=C2C1=Cc1ccccc12.c1ccc2nccnc2c1. The predicted octanol–water partition coefficient (Wildman–Crippen LogP) is 4.24. The molecule has 0 fully saturated rings. The average molecular weight is 310 g/mol. The molecule has 0 saturated heterocycles. The maximum Gasteiger partial charge on any atom is 0.186 e. The summed E-state index contributed by atoms with van der Waals surface area (Å²) >= 11 is 0. The van der Waals surface area contributed by atoms with E-state index in [-0.39, 0.29) is 5.78 Å². The second-order valence-corrected chi connectivity index (χ2v) is 5.49. The molecule has 1 heterocycles. The zero-order valence-electron chi connectivity index (χ0n) is 12.9. The van der Waals surface area contributed by atoms with Crippen LogP contribution in [0, 0.1) is 0 Å². The molecule has 0 unspecified atom stereocenters. The molecule has 3 nitrogen and oxygen atoms in total. The Morgan fingerprint density at radius 2 is 1.42 bits per heavy atom. The Kier molecular flexibility index (Phi) is 3.60. The Hall–Kier alpha value is -3.33. The lowest BCUT2D eigenvalue weighted by Gasteiger charge is -2.06. The summed E-state index contributed by atoms with van der Waals surface area (Å²) < 4.78 is 0. The van der Waals surface area contributed by atoms with Crippen molar-refractivity contribution in [1.29, 1.82) is 0 Å². The lowest BCUT2D eigenvalue weighted by Crippen LogP contribution is -2.00. The molecule has 1 aromatic heterocycles. The molecule has 2 aliphatic carbocycles. The molecule has 0 N–H and O–H groups in total. The van der Waals surface area contributed by atoms with Crippen molar-refractivity contribution in [2.45, 2.75) is 0 Å². The maximum absolute atomic E-state index is 11.5. The Morgan fingerprint density at radius 3 is 2.17 bits per heavy atom. The van der Waals surface area contributed by atoms with Gasteiger partial charge >= 0.3 is 0 Å². The van der Waals surface area contributed by atoms with Crippen LogP contribution in [0.3, 0.4) is 0 Å². The minimum Gasteiger partial charge on any atom is -0.289 e. The molecule has 0 spiro atoms. The third-order valence-corrected chi connectivity index (χ3v) is 3.99. The standard InChI is InChI=1S/C13H8O.C8H6N2/c14-13-7-3-6-11-10-5-2-1-4-9(10)8-12(11)13;1-2-4-8-7(3-1)9-5-6-10-8/h1-8H;1-6H. The number of nitrogens with zero attached hydrogens (tertiary/aromatic N) is 2. The minimum absolute atomic E-state index is 0.110. The summed E-state index contributed by atoms with van der Waals surface area (Å²) in [5.41, 5.74) is 6.10. The number of rotatable bonds is 0. The number of para-hydroxylation sites is 2. The fourth-order valence-corrected chi connectivity index (χ4v) is 2.86. The molecule has 0 saturated carbocycles. The fraction of sp³-hybridized carbons (Fsp3) is 0. The summed E-state index contributed by atoms with van der Waals surface area (Å²) in [6, 6.07) is 15.9. The van der Waals surface area contributed by atoms with Gasteiger partial charge in [-0.25, -0.2) is 0 Å². The lowest BCUT2D eigenvalue weighted by molar-refractivity contribution is -0.110. The van der Waals surface area contributed by atoms with Gasteiger partial charge in [-0.1, -0.05) is 48.6 Å². The monoisotopic (exact) mass is 310 g/mol. The number of benzene rings is 2. The van der Waals surface area contributed by atoms with Crippen molar-refractivity contribution in [2.24, 2.45) is 0 Å². The van der Waals surface area contributed by atoms with E-state index >= 15 is 0 Å². The molecule has 3 aromatic rings. The van der Waals surface area contributed by atoms with Gasteiger partial charge in [0.1, 0.15) is 0 Å². The normalized spacial score (nSPS) is 14.2. The van der Waals surface area contributed by atoms with Gasteiger partial charge in [-0.15, -0.1) is 0 Å². The van der Waals surface area contributed by atoms with E-state index in [4.69, 9.17) is 0 Å². The van der Waals surface area contributed by atoms with E-state index in [1.165, 1.54) is 5.56 Å². The number of hydrogen-bond acceptors (Lipinski definition) is 3. The van der Waals surface area contributed by atoms with Crippen LogP contribution in [-0.2, 0) is 4.79 Å². The Labute approximate surface area is 139 Å². The molecule has 0 bridgehead atoms. The first kappa shape index (κ1) is 14.3. The fourth-order valence-electron chi connectivity index (χ4n) is 2.86. The van der Waals surface area contributed by atoms with Gasteiger partial charge in [-0.3, -0.25) is 14.8 Å². The smallest absolute Gasteiger partial charge is 0.186 e. The lowest BCUT2D eigenvalue weighted by atomic mass is 9.96. The van der Waals surface area contributed by atoms with E-state index in [0.29, 0.717) is 0 Å². The number of carbonyl (C=O) groups is 1. The molecule has 3 heteroatoms. The van der Waals surface area contributed by atoms with Gasteiger partial charge < -0.3 is 0 Å². The highest BCUT2D eigenvalue weighted by Gasteiger charge is 2.23. The highest BCUT2D eigenvalue weighted by Crippen LogP contribution is 2.37. The van der Waals surface area contributed by atoms with Gasteiger partial charge in [-0.2, -0.15) is 0 Å². The van der Waals surface area contributed by atoms with Crippen LogP contribution in [-0.4, -0.2) is 15.8 Å². The van der Waals surface area contributed by atoms with E-state index in [1.807, 2.05) is 60.7 Å². The average Bonchev–Trinajstić information content (AvgIpc) is 3.03. The van der Waals surface area contributed by atoms with Crippen molar-refractivity contribution >= 4 is 28.5 Å². The third-order valence-electron chi connectivity index (χ3n) is 3.99. The molecule has 0 aliphatic heterocycles. The van der Waals surface area contributed by atoms with Crippen LogP contribution in [0.5, 0.6) is 0 Å². The summed E-state index contributed by atoms with van der Waals surface area (Å²) in [6.45, 7) is 0. The van der Waals surface area contributed by atoms with E-state index in [2.05, 4.69) is 16.0 Å². The molecule has 0 amide bonds. The maximum atomic E-state index is 11.5. The Morgan fingerprint density at radius 1 is 0.750 bits per heavy atom. The molecule has 5 rings (SSSR count). The number of allylic oxidation sites excluding steroid dienone is 5. The van der Waals surface area contributed by atoms with Gasteiger partial charge in [0, 0.05) is 18.0 Å². The number of ketones is 1. The summed E-state index contributed by atoms with van der Waals surface area (Å²) in [7, 11) is 0. The van der Waals surface area contributed by atoms with Crippen molar-refractivity contribution in [1.82, 2.24) is 9.97 Å². The summed E-state index contributed by atoms with van der Waals surface area (Å²) in [5.74, 6) is 0.110. The number of hydrogen-bond donors (Lipinski definition) is 0. The van der Waals surface area contributed by atoms with Crippen LogP contribution in [0.2, 0.25) is 0 Å². The molecule has 24 heavy (non-hydrogen) atoms. The number of carbonyl (C=O) groups excluding carboxylic acids is 1. The van der Waals surface area contributed by atoms with Crippen molar-refractivity contribution < 1.29 is 4.79 Å². The first-order valence-electron chi connectivity index (χ1n) is 7.73. The topological polar surface area (TPSA) is 42.9 Å². The largest absolute Gasteiger partial charge is 0.289 e. The van der Waals surface area contributed by atoms with Gasteiger partial charge in [0.15, 0.2) is 5.78 Å². The van der Waals surface area contributed by atoms with Crippen LogP contribution >= 0.6 is 0 Å². The molecular weight excluding hydrogens is 296 g/mol. The summed E-state index contributed by atoms with van der Waals surface area (Å²) in [5, 5.41) is 0.